The molecule has 2 unspecified atom stereocenters. The first kappa shape index (κ1) is 20.3. The summed E-state index contributed by atoms with van der Waals surface area (Å²) in [6, 6.07) is 6.98. The molecule has 1 heterocycles. The van der Waals surface area contributed by atoms with E-state index in [1.807, 2.05) is 25.7 Å². The van der Waals surface area contributed by atoms with E-state index < -0.39 is 0 Å². The molecule has 1 aromatic carbocycles. The second-order valence-corrected chi connectivity index (χ2v) is 6.44. The SMILES string of the molecule is CC(C)NC(=O)Nc1ccccc1C(=O)N1CC(CN)CC1C.Cl. The maximum atomic E-state index is 12.9. The molecule has 4 N–H and O–H groups in total. The molecule has 0 bridgehead atoms. The largest absolute Gasteiger partial charge is 0.336 e. The highest BCUT2D eigenvalue weighted by atomic mass is 35.5. The van der Waals surface area contributed by atoms with Gasteiger partial charge in [-0.05, 0) is 51.8 Å². The standard InChI is InChI=1S/C17H26N4O2.ClH/c1-11(2)19-17(23)20-15-7-5-4-6-14(15)16(22)21-10-13(9-18)8-12(21)3;/h4-7,11-13H,8-10,18H2,1-3H3,(H2,19,20,23);1H. The van der Waals surface area contributed by atoms with Crippen molar-refractivity contribution in [3.8, 4) is 0 Å². The fraction of sp³-hybridized carbons (Fsp3) is 0.529. The second-order valence-electron chi connectivity index (χ2n) is 6.44. The summed E-state index contributed by atoms with van der Waals surface area (Å²) in [4.78, 5) is 26.6. The van der Waals surface area contributed by atoms with Crippen molar-refractivity contribution in [2.45, 2.75) is 39.3 Å². The number of amides is 3. The Bertz CT molecular complexity index is 579. The van der Waals surface area contributed by atoms with Gasteiger partial charge >= 0.3 is 6.03 Å². The zero-order valence-corrected chi connectivity index (χ0v) is 15.2. The number of carbonyl (C=O) groups excluding carboxylic acids is 2. The number of rotatable bonds is 4. The third-order valence-corrected chi connectivity index (χ3v) is 4.08. The average molecular weight is 355 g/mol. The van der Waals surface area contributed by atoms with Gasteiger partial charge in [0.1, 0.15) is 0 Å². The van der Waals surface area contributed by atoms with Gasteiger partial charge in [-0.15, -0.1) is 12.4 Å². The van der Waals surface area contributed by atoms with Crippen molar-refractivity contribution in [2.24, 2.45) is 11.7 Å². The highest BCUT2D eigenvalue weighted by Crippen LogP contribution is 2.26. The van der Waals surface area contributed by atoms with Crippen LogP contribution >= 0.6 is 12.4 Å². The molecule has 1 aliphatic rings. The quantitative estimate of drug-likeness (QED) is 0.776. The molecule has 1 aromatic rings. The van der Waals surface area contributed by atoms with E-state index in [9.17, 15) is 9.59 Å². The lowest BCUT2D eigenvalue weighted by atomic mass is 10.1. The number of carbonyl (C=O) groups is 2. The second kappa shape index (κ2) is 8.89. The van der Waals surface area contributed by atoms with Crippen LogP contribution < -0.4 is 16.4 Å². The number of urea groups is 1. The monoisotopic (exact) mass is 354 g/mol. The number of likely N-dealkylation sites (tertiary alicyclic amines) is 1. The number of halogens is 1. The van der Waals surface area contributed by atoms with Crippen LogP contribution in [0.3, 0.4) is 0 Å². The summed E-state index contributed by atoms with van der Waals surface area (Å²) in [6.07, 6.45) is 0.922. The van der Waals surface area contributed by atoms with E-state index in [1.165, 1.54) is 0 Å². The van der Waals surface area contributed by atoms with Gasteiger partial charge in [0.05, 0.1) is 11.3 Å². The molecule has 0 saturated carbocycles. The van der Waals surface area contributed by atoms with Crippen molar-refractivity contribution in [1.29, 1.82) is 0 Å². The molecule has 0 spiro atoms. The molecule has 134 valence electrons. The smallest absolute Gasteiger partial charge is 0.319 e. The Kier molecular flexibility index (Phi) is 7.51. The van der Waals surface area contributed by atoms with Crippen molar-refractivity contribution in [3.05, 3.63) is 29.8 Å². The number of nitrogens with zero attached hydrogens (tertiary/aromatic N) is 1. The van der Waals surface area contributed by atoms with Gasteiger partial charge in [0.15, 0.2) is 0 Å². The molecule has 3 amide bonds. The van der Waals surface area contributed by atoms with Crippen LogP contribution in [0, 0.1) is 5.92 Å². The summed E-state index contributed by atoms with van der Waals surface area (Å²) >= 11 is 0. The lowest BCUT2D eigenvalue weighted by Crippen LogP contribution is -2.37. The van der Waals surface area contributed by atoms with E-state index in [0.29, 0.717) is 30.3 Å². The maximum Gasteiger partial charge on any atom is 0.319 e. The first-order chi connectivity index (χ1) is 10.9. The van der Waals surface area contributed by atoms with Crippen LogP contribution in [0.25, 0.3) is 0 Å². The number of para-hydroxylation sites is 1. The van der Waals surface area contributed by atoms with Crippen LogP contribution in [0.15, 0.2) is 24.3 Å². The fourth-order valence-corrected chi connectivity index (χ4v) is 2.95. The molecule has 7 heteroatoms. The topological polar surface area (TPSA) is 87.5 Å². The molecular weight excluding hydrogens is 328 g/mol. The summed E-state index contributed by atoms with van der Waals surface area (Å²) in [6.45, 7) is 7.06. The Labute approximate surface area is 149 Å². The third-order valence-electron chi connectivity index (χ3n) is 4.08. The van der Waals surface area contributed by atoms with Gasteiger partial charge in [-0.3, -0.25) is 4.79 Å². The lowest BCUT2D eigenvalue weighted by molar-refractivity contribution is 0.0744. The molecule has 0 aliphatic carbocycles. The van der Waals surface area contributed by atoms with Crippen LogP contribution in [0.5, 0.6) is 0 Å². The lowest BCUT2D eigenvalue weighted by Gasteiger charge is -2.23. The van der Waals surface area contributed by atoms with E-state index >= 15 is 0 Å². The molecule has 2 atom stereocenters. The Balaban J connectivity index is 0.00000288. The summed E-state index contributed by atoms with van der Waals surface area (Å²) in [5.41, 5.74) is 6.77. The third kappa shape index (κ3) is 4.85. The highest BCUT2D eigenvalue weighted by Gasteiger charge is 2.33. The van der Waals surface area contributed by atoms with E-state index in [4.69, 9.17) is 5.73 Å². The van der Waals surface area contributed by atoms with E-state index in [1.54, 1.807) is 24.3 Å². The first-order valence-corrected chi connectivity index (χ1v) is 8.10. The minimum atomic E-state index is -0.311. The van der Waals surface area contributed by atoms with Crippen LogP contribution in [0.1, 0.15) is 37.6 Å². The van der Waals surface area contributed by atoms with E-state index in [0.717, 1.165) is 6.42 Å². The minimum absolute atomic E-state index is 0. The predicted octanol–water partition coefficient (Wildman–Crippen LogP) is 2.45. The van der Waals surface area contributed by atoms with Crippen molar-refractivity contribution in [3.63, 3.8) is 0 Å². The summed E-state index contributed by atoms with van der Waals surface area (Å²) in [5, 5.41) is 5.52. The van der Waals surface area contributed by atoms with Gasteiger partial charge in [-0.1, -0.05) is 12.1 Å². The Morgan fingerprint density at radius 2 is 2.00 bits per heavy atom. The van der Waals surface area contributed by atoms with Crippen LogP contribution in [-0.4, -0.2) is 42.0 Å². The maximum absolute atomic E-state index is 12.9. The van der Waals surface area contributed by atoms with Crippen LogP contribution in [0.4, 0.5) is 10.5 Å². The highest BCUT2D eigenvalue weighted by molar-refractivity contribution is 6.03. The van der Waals surface area contributed by atoms with Gasteiger partial charge in [0.2, 0.25) is 0 Å². The Morgan fingerprint density at radius 1 is 1.33 bits per heavy atom. The number of benzene rings is 1. The van der Waals surface area contributed by atoms with Crippen LogP contribution in [0.2, 0.25) is 0 Å². The van der Waals surface area contributed by atoms with Crippen molar-refractivity contribution in [2.75, 3.05) is 18.4 Å². The van der Waals surface area contributed by atoms with Crippen LogP contribution in [-0.2, 0) is 0 Å². The van der Waals surface area contributed by atoms with E-state index in [-0.39, 0.29) is 36.4 Å². The number of hydrogen-bond acceptors (Lipinski definition) is 3. The van der Waals surface area contributed by atoms with Crippen molar-refractivity contribution in [1.82, 2.24) is 10.2 Å². The molecule has 6 nitrogen and oxygen atoms in total. The van der Waals surface area contributed by atoms with E-state index in [2.05, 4.69) is 10.6 Å². The van der Waals surface area contributed by atoms with Crippen molar-refractivity contribution >= 4 is 30.0 Å². The predicted molar refractivity (Wildman–Crippen MR) is 98.6 cm³/mol. The number of nitrogens with two attached hydrogens (primary N) is 1. The zero-order valence-electron chi connectivity index (χ0n) is 14.4. The molecule has 1 aliphatic heterocycles. The summed E-state index contributed by atoms with van der Waals surface area (Å²) in [7, 11) is 0. The van der Waals surface area contributed by atoms with Crippen molar-refractivity contribution < 1.29 is 9.59 Å². The molecule has 1 fully saturated rings. The van der Waals surface area contributed by atoms with Gasteiger partial charge in [-0.25, -0.2) is 4.79 Å². The number of nitrogens with one attached hydrogen (secondary N) is 2. The molecular formula is C17H27ClN4O2. The first-order valence-electron chi connectivity index (χ1n) is 8.10. The molecule has 0 aromatic heterocycles. The summed E-state index contributed by atoms with van der Waals surface area (Å²) in [5.74, 6) is 0.284. The summed E-state index contributed by atoms with van der Waals surface area (Å²) < 4.78 is 0. The Hall–Kier alpha value is -1.79. The number of hydrogen-bond donors (Lipinski definition) is 3. The number of anilines is 1. The molecule has 2 rings (SSSR count). The zero-order chi connectivity index (χ0) is 17.0. The average Bonchev–Trinajstić information content (AvgIpc) is 2.87. The fourth-order valence-electron chi connectivity index (χ4n) is 2.95. The Morgan fingerprint density at radius 3 is 2.58 bits per heavy atom. The van der Waals surface area contributed by atoms with Gasteiger partial charge in [0.25, 0.3) is 5.91 Å². The normalized spacial score (nSPS) is 19.8. The van der Waals surface area contributed by atoms with Gasteiger partial charge < -0.3 is 21.3 Å². The van der Waals surface area contributed by atoms with Gasteiger partial charge in [-0.2, -0.15) is 0 Å². The molecule has 1 saturated heterocycles. The molecule has 0 radical (unpaired) electrons. The molecule has 24 heavy (non-hydrogen) atoms. The van der Waals surface area contributed by atoms with Gasteiger partial charge in [0, 0.05) is 18.6 Å². The minimum Gasteiger partial charge on any atom is -0.336 e.